The van der Waals surface area contributed by atoms with Crippen molar-refractivity contribution < 1.29 is 32.2 Å². The molecule has 0 heterocycles. The van der Waals surface area contributed by atoms with Gasteiger partial charge in [-0.25, -0.2) is 4.79 Å². The van der Waals surface area contributed by atoms with Gasteiger partial charge in [-0.1, -0.05) is 25.5 Å². The molecule has 2 N–H and O–H groups in total. The molecule has 1 rings (SSSR count). The van der Waals surface area contributed by atoms with E-state index in [1.807, 2.05) is 0 Å². The van der Waals surface area contributed by atoms with E-state index in [2.05, 4.69) is 4.74 Å². The Morgan fingerprint density at radius 3 is 2.17 bits per heavy atom. The van der Waals surface area contributed by atoms with Crippen molar-refractivity contribution in [1.82, 2.24) is 0 Å². The number of halogens is 3. The second-order valence-electron chi connectivity index (χ2n) is 4.88. The summed E-state index contributed by atoms with van der Waals surface area (Å²) in [5.74, 6) is -3.27. The molecule has 24 heavy (non-hydrogen) atoms. The van der Waals surface area contributed by atoms with E-state index in [-0.39, 0.29) is 17.6 Å². The number of methoxy groups -OCH3 is 1. The highest BCUT2D eigenvalue weighted by Gasteiger charge is 2.42. The minimum absolute atomic E-state index is 0.0252. The summed E-state index contributed by atoms with van der Waals surface area (Å²) in [6, 6.07) is 5.93. The van der Waals surface area contributed by atoms with E-state index in [0.29, 0.717) is 18.6 Å². The van der Waals surface area contributed by atoms with Gasteiger partial charge >= 0.3 is 12.1 Å². The quantitative estimate of drug-likeness (QED) is 0.468. The molecule has 0 atom stereocenters. The molecule has 5 nitrogen and oxygen atoms in total. The molecule has 0 radical (unpaired) electrons. The number of hydrogen-bond acceptors (Lipinski definition) is 4. The van der Waals surface area contributed by atoms with Crippen LogP contribution in [0, 0.1) is 0 Å². The van der Waals surface area contributed by atoms with E-state index >= 15 is 0 Å². The fourth-order valence-electron chi connectivity index (χ4n) is 1.93. The smallest absolute Gasteiger partial charge is 0.491 e. The zero-order valence-electron chi connectivity index (χ0n) is 13.3. The third kappa shape index (κ3) is 5.29. The maximum absolute atomic E-state index is 12.5. The Kier molecular flexibility index (Phi) is 6.82. The molecule has 1 aromatic carbocycles. The van der Waals surface area contributed by atoms with Gasteiger partial charge in [0.05, 0.1) is 12.7 Å². The highest BCUT2D eigenvalue weighted by Crippen LogP contribution is 2.28. The van der Waals surface area contributed by atoms with E-state index in [9.17, 15) is 22.8 Å². The molecule has 0 aliphatic rings. The average Bonchev–Trinajstić information content (AvgIpc) is 2.51. The van der Waals surface area contributed by atoms with Gasteiger partial charge in [0.15, 0.2) is 0 Å². The maximum Gasteiger partial charge on any atom is 0.491 e. The van der Waals surface area contributed by atoms with Crippen LogP contribution >= 0.6 is 0 Å². The molecule has 0 bridgehead atoms. The lowest BCUT2D eigenvalue weighted by Crippen LogP contribution is -2.26. The third-order valence-corrected chi connectivity index (χ3v) is 3.11. The van der Waals surface area contributed by atoms with Crippen LogP contribution in [0.3, 0.4) is 0 Å². The van der Waals surface area contributed by atoms with Crippen molar-refractivity contribution in [3.63, 3.8) is 0 Å². The summed E-state index contributed by atoms with van der Waals surface area (Å²) < 4.78 is 46.8. The van der Waals surface area contributed by atoms with Gasteiger partial charge in [-0.2, -0.15) is 13.2 Å². The highest BCUT2D eigenvalue weighted by molar-refractivity contribution is 6.19. The molecule has 0 saturated heterocycles. The van der Waals surface area contributed by atoms with Crippen molar-refractivity contribution >= 4 is 17.4 Å². The van der Waals surface area contributed by atoms with E-state index in [4.69, 9.17) is 10.5 Å². The number of alkyl halides is 3. The number of allylic oxidation sites excluding steroid dienone is 1. The highest BCUT2D eigenvalue weighted by atomic mass is 19.4. The molecular formula is C16H18F3NO4. The summed E-state index contributed by atoms with van der Waals surface area (Å²) >= 11 is 0. The van der Waals surface area contributed by atoms with Crippen LogP contribution in [0.1, 0.15) is 31.7 Å². The predicted molar refractivity (Wildman–Crippen MR) is 80.8 cm³/mol. The largest absolute Gasteiger partial charge is 0.497 e. The van der Waals surface area contributed by atoms with Crippen LogP contribution in [0.2, 0.25) is 0 Å². The lowest BCUT2D eigenvalue weighted by atomic mass is 10.0. The van der Waals surface area contributed by atoms with E-state index in [1.54, 1.807) is 6.92 Å². The zero-order chi connectivity index (χ0) is 18.3. The fraction of sp³-hybridized carbons (Fsp3) is 0.375. The maximum atomic E-state index is 12.5. The number of primary amides is 1. The molecular weight excluding hydrogens is 327 g/mol. The molecule has 0 fully saturated rings. The number of ether oxygens (including phenoxy) is 2. The Morgan fingerprint density at radius 2 is 1.75 bits per heavy atom. The van der Waals surface area contributed by atoms with Gasteiger partial charge in [0, 0.05) is 6.42 Å². The second kappa shape index (κ2) is 8.37. The first-order chi connectivity index (χ1) is 11.2. The average molecular weight is 345 g/mol. The summed E-state index contributed by atoms with van der Waals surface area (Å²) in [6.07, 6.45) is -4.14. The Morgan fingerprint density at radius 1 is 1.17 bits per heavy atom. The number of carbonyl (C=O) groups excluding carboxylic acids is 2. The lowest BCUT2D eigenvalue weighted by Gasteiger charge is -2.15. The SMILES string of the molecule is CCCC/C(OC(=O)C(F)(F)F)=C(/C(N)=O)c1ccc(OC)cc1. The van der Waals surface area contributed by atoms with Gasteiger partial charge < -0.3 is 15.2 Å². The Hall–Kier alpha value is -2.51. The van der Waals surface area contributed by atoms with Crippen LogP contribution in [-0.4, -0.2) is 25.2 Å². The summed E-state index contributed by atoms with van der Waals surface area (Å²) in [5.41, 5.74) is 5.28. The molecule has 1 amide bonds. The zero-order valence-corrected chi connectivity index (χ0v) is 13.3. The van der Waals surface area contributed by atoms with Crippen molar-refractivity contribution in [2.45, 2.75) is 32.4 Å². The summed E-state index contributed by atoms with van der Waals surface area (Å²) in [5, 5.41) is 0. The first-order valence-electron chi connectivity index (χ1n) is 7.17. The van der Waals surface area contributed by atoms with E-state index < -0.39 is 23.8 Å². The van der Waals surface area contributed by atoms with Crippen molar-refractivity contribution in [3.05, 3.63) is 35.6 Å². The van der Waals surface area contributed by atoms with Gasteiger partial charge in [0.2, 0.25) is 0 Å². The molecule has 8 heteroatoms. The number of carbonyl (C=O) groups is 2. The minimum Gasteiger partial charge on any atom is -0.497 e. The number of benzene rings is 1. The van der Waals surface area contributed by atoms with Crippen LogP contribution in [0.5, 0.6) is 5.75 Å². The van der Waals surface area contributed by atoms with Gasteiger partial charge in [-0.15, -0.1) is 0 Å². The van der Waals surface area contributed by atoms with Crippen LogP contribution in [-0.2, 0) is 14.3 Å². The number of rotatable bonds is 7. The summed E-state index contributed by atoms with van der Waals surface area (Å²) in [4.78, 5) is 22.9. The predicted octanol–water partition coefficient (Wildman–Crippen LogP) is 3.19. The van der Waals surface area contributed by atoms with Crippen molar-refractivity contribution in [1.29, 1.82) is 0 Å². The normalized spacial score (nSPS) is 12.4. The third-order valence-electron chi connectivity index (χ3n) is 3.11. The van der Waals surface area contributed by atoms with E-state index in [0.717, 1.165) is 0 Å². The molecule has 0 saturated carbocycles. The Balaban J connectivity index is 3.34. The summed E-state index contributed by atoms with van der Waals surface area (Å²) in [6.45, 7) is 1.81. The fourth-order valence-corrected chi connectivity index (χ4v) is 1.93. The van der Waals surface area contributed by atoms with Crippen LogP contribution in [0.4, 0.5) is 13.2 Å². The molecule has 0 unspecified atom stereocenters. The number of esters is 1. The summed E-state index contributed by atoms with van der Waals surface area (Å²) in [7, 11) is 1.44. The van der Waals surface area contributed by atoms with Gasteiger partial charge in [0.1, 0.15) is 11.5 Å². The standard InChI is InChI=1S/C16H18F3NO4/c1-3-4-5-12(24-15(22)16(17,18)19)13(14(20)21)10-6-8-11(23-2)9-7-10/h6-9H,3-5H2,1-2H3,(H2,20,21)/b13-12-. The minimum atomic E-state index is -5.17. The molecule has 0 aliphatic carbocycles. The lowest BCUT2D eigenvalue weighted by molar-refractivity contribution is -0.195. The first kappa shape index (κ1) is 19.5. The molecule has 1 aromatic rings. The van der Waals surface area contributed by atoms with Crippen molar-refractivity contribution in [3.8, 4) is 5.75 Å². The monoisotopic (exact) mass is 345 g/mol. The van der Waals surface area contributed by atoms with Crippen LogP contribution < -0.4 is 10.5 Å². The van der Waals surface area contributed by atoms with Crippen LogP contribution in [0.15, 0.2) is 30.0 Å². The van der Waals surface area contributed by atoms with Gasteiger partial charge in [-0.05, 0) is 24.1 Å². The molecule has 0 aromatic heterocycles. The number of hydrogen-bond donors (Lipinski definition) is 1. The Labute approximate surface area is 137 Å². The molecule has 132 valence electrons. The van der Waals surface area contributed by atoms with Gasteiger partial charge in [0.25, 0.3) is 5.91 Å². The topological polar surface area (TPSA) is 78.6 Å². The van der Waals surface area contributed by atoms with E-state index in [1.165, 1.54) is 31.4 Å². The molecule has 0 aliphatic heterocycles. The van der Waals surface area contributed by atoms with Crippen molar-refractivity contribution in [2.24, 2.45) is 5.73 Å². The molecule has 0 spiro atoms. The first-order valence-corrected chi connectivity index (χ1v) is 7.17. The number of amides is 1. The number of nitrogens with two attached hydrogens (primary N) is 1. The van der Waals surface area contributed by atoms with Gasteiger partial charge in [-0.3, -0.25) is 4.79 Å². The van der Waals surface area contributed by atoms with Crippen molar-refractivity contribution in [2.75, 3.05) is 7.11 Å². The second-order valence-corrected chi connectivity index (χ2v) is 4.88. The number of unbranched alkanes of at least 4 members (excludes halogenated alkanes) is 1. The Bertz CT molecular complexity index is 621. The van der Waals surface area contributed by atoms with Crippen LogP contribution in [0.25, 0.3) is 5.57 Å².